The second-order valence-corrected chi connectivity index (χ2v) is 6.53. The van der Waals surface area contributed by atoms with E-state index in [1.165, 1.54) is 5.56 Å². The van der Waals surface area contributed by atoms with Crippen molar-refractivity contribution in [3.05, 3.63) is 78.1 Å². The van der Waals surface area contributed by atoms with Crippen LogP contribution < -0.4 is 15.5 Å². The largest absolute Gasteiger partial charge is 0.378 e. The first-order chi connectivity index (χ1) is 13.0. The SMILES string of the molecule is CCc1ccc(Nc2cncc(C(=O)Nc3ccc(N(C)C)cc3)c2)cc1. The lowest BCUT2D eigenvalue weighted by Gasteiger charge is -2.13. The summed E-state index contributed by atoms with van der Waals surface area (Å²) in [5, 5.41) is 6.19. The van der Waals surface area contributed by atoms with Gasteiger partial charge in [0.15, 0.2) is 0 Å². The Morgan fingerprint density at radius 1 is 0.926 bits per heavy atom. The fourth-order valence-corrected chi connectivity index (χ4v) is 2.67. The van der Waals surface area contributed by atoms with E-state index >= 15 is 0 Å². The van der Waals surface area contributed by atoms with Crippen molar-refractivity contribution in [2.75, 3.05) is 29.6 Å². The van der Waals surface area contributed by atoms with Crippen LogP contribution in [0.25, 0.3) is 0 Å². The lowest BCUT2D eigenvalue weighted by molar-refractivity contribution is 0.102. The van der Waals surface area contributed by atoms with Gasteiger partial charge in [-0.05, 0) is 54.4 Å². The number of nitrogens with one attached hydrogen (secondary N) is 2. The zero-order valence-electron chi connectivity index (χ0n) is 15.9. The fourth-order valence-electron chi connectivity index (χ4n) is 2.67. The van der Waals surface area contributed by atoms with E-state index < -0.39 is 0 Å². The molecule has 5 heteroatoms. The number of carbonyl (C=O) groups excluding carboxylic acids is 1. The summed E-state index contributed by atoms with van der Waals surface area (Å²) >= 11 is 0. The molecule has 0 bridgehead atoms. The van der Waals surface area contributed by atoms with Crippen LogP contribution in [-0.4, -0.2) is 25.0 Å². The van der Waals surface area contributed by atoms with Crippen molar-refractivity contribution in [3.63, 3.8) is 0 Å². The monoisotopic (exact) mass is 360 g/mol. The third-order valence-corrected chi connectivity index (χ3v) is 4.29. The summed E-state index contributed by atoms with van der Waals surface area (Å²) in [7, 11) is 3.96. The van der Waals surface area contributed by atoms with Gasteiger partial charge in [-0.1, -0.05) is 19.1 Å². The van der Waals surface area contributed by atoms with Gasteiger partial charge >= 0.3 is 0 Å². The fraction of sp³-hybridized carbons (Fsp3) is 0.182. The minimum atomic E-state index is -0.190. The first-order valence-electron chi connectivity index (χ1n) is 8.95. The van der Waals surface area contributed by atoms with Crippen molar-refractivity contribution in [2.24, 2.45) is 0 Å². The van der Waals surface area contributed by atoms with Gasteiger partial charge in [0.05, 0.1) is 17.4 Å². The summed E-state index contributed by atoms with van der Waals surface area (Å²) in [5.41, 5.74) is 5.35. The lowest BCUT2D eigenvalue weighted by atomic mass is 10.1. The van der Waals surface area contributed by atoms with Gasteiger partial charge in [0.1, 0.15) is 0 Å². The second kappa shape index (κ2) is 8.36. The highest BCUT2D eigenvalue weighted by atomic mass is 16.1. The molecule has 3 aromatic rings. The molecule has 3 rings (SSSR count). The van der Waals surface area contributed by atoms with E-state index in [0.717, 1.165) is 29.2 Å². The summed E-state index contributed by atoms with van der Waals surface area (Å²) in [4.78, 5) is 18.7. The molecular weight excluding hydrogens is 336 g/mol. The van der Waals surface area contributed by atoms with Crippen molar-refractivity contribution >= 4 is 28.7 Å². The number of rotatable bonds is 6. The molecule has 0 spiro atoms. The first kappa shape index (κ1) is 18.5. The van der Waals surface area contributed by atoms with Gasteiger partial charge in [-0.25, -0.2) is 0 Å². The van der Waals surface area contributed by atoms with Crippen LogP contribution in [0, 0.1) is 0 Å². The molecule has 0 aliphatic rings. The number of nitrogens with zero attached hydrogens (tertiary/aromatic N) is 2. The Labute approximate surface area is 160 Å². The molecule has 0 radical (unpaired) electrons. The molecule has 1 heterocycles. The number of aromatic nitrogens is 1. The highest BCUT2D eigenvalue weighted by molar-refractivity contribution is 6.04. The van der Waals surface area contributed by atoms with Crippen molar-refractivity contribution in [2.45, 2.75) is 13.3 Å². The van der Waals surface area contributed by atoms with Crippen molar-refractivity contribution in [1.29, 1.82) is 0 Å². The van der Waals surface area contributed by atoms with Gasteiger partial charge in [0.2, 0.25) is 0 Å². The standard InChI is InChI=1S/C22H24N4O/c1-4-16-5-7-18(8-6-16)24-20-13-17(14-23-15-20)22(27)25-19-9-11-21(12-10-19)26(2)3/h5-15,24H,4H2,1-3H3,(H,25,27). The number of hydrogen-bond donors (Lipinski definition) is 2. The van der Waals surface area contributed by atoms with E-state index in [1.807, 2.05) is 55.4 Å². The molecule has 0 aliphatic heterocycles. The van der Waals surface area contributed by atoms with Crippen LogP contribution in [-0.2, 0) is 6.42 Å². The smallest absolute Gasteiger partial charge is 0.257 e. The average Bonchev–Trinajstić information content (AvgIpc) is 2.69. The molecule has 27 heavy (non-hydrogen) atoms. The molecule has 0 atom stereocenters. The van der Waals surface area contributed by atoms with Crippen LogP contribution in [0.2, 0.25) is 0 Å². The third kappa shape index (κ3) is 4.85. The molecular formula is C22H24N4O. The van der Waals surface area contributed by atoms with E-state index in [4.69, 9.17) is 0 Å². The summed E-state index contributed by atoms with van der Waals surface area (Å²) in [5.74, 6) is -0.190. The average molecular weight is 360 g/mol. The zero-order chi connectivity index (χ0) is 19.2. The van der Waals surface area contributed by atoms with Gasteiger partial charge in [-0.2, -0.15) is 0 Å². The van der Waals surface area contributed by atoms with E-state index in [1.54, 1.807) is 18.5 Å². The maximum Gasteiger partial charge on any atom is 0.257 e. The molecule has 0 aliphatic carbocycles. The second-order valence-electron chi connectivity index (χ2n) is 6.53. The van der Waals surface area contributed by atoms with Gasteiger partial charge in [-0.15, -0.1) is 0 Å². The Bertz CT molecular complexity index is 902. The topological polar surface area (TPSA) is 57.3 Å². The normalized spacial score (nSPS) is 10.3. The number of anilines is 4. The molecule has 5 nitrogen and oxygen atoms in total. The number of pyridine rings is 1. The quantitative estimate of drug-likeness (QED) is 0.669. The predicted octanol–water partition coefficient (Wildman–Crippen LogP) is 4.71. The molecule has 1 aromatic heterocycles. The van der Waals surface area contributed by atoms with Crippen LogP contribution in [0.3, 0.4) is 0 Å². The predicted molar refractivity (Wildman–Crippen MR) is 112 cm³/mol. The number of benzene rings is 2. The Morgan fingerprint density at radius 3 is 2.22 bits per heavy atom. The maximum absolute atomic E-state index is 12.5. The van der Waals surface area contributed by atoms with E-state index in [0.29, 0.717) is 5.56 Å². The Hall–Kier alpha value is -3.34. The van der Waals surface area contributed by atoms with Crippen LogP contribution in [0.15, 0.2) is 67.0 Å². The van der Waals surface area contributed by atoms with Crippen LogP contribution in [0.5, 0.6) is 0 Å². The number of amides is 1. The Kier molecular flexibility index (Phi) is 5.71. The molecule has 0 saturated carbocycles. The van der Waals surface area contributed by atoms with Gasteiger partial charge in [0.25, 0.3) is 5.91 Å². The molecule has 0 fully saturated rings. The summed E-state index contributed by atoms with van der Waals surface area (Å²) in [6.45, 7) is 2.13. The van der Waals surface area contributed by atoms with Gasteiger partial charge in [0, 0.05) is 37.4 Å². The highest BCUT2D eigenvalue weighted by Crippen LogP contribution is 2.19. The minimum absolute atomic E-state index is 0.190. The summed E-state index contributed by atoms with van der Waals surface area (Å²) in [6.07, 6.45) is 4.28. The number of carbonyl (C=O) groups is 1. The van der Waals surface area contributed by atoms with E-state index in [2.05, 4.69) is 34.7 Å². The van der Waals surface area contributed by atoms with E-state index in [-0.39, 0.29) is 5.91 Å². The molecule has 0 saturated heterocycles. The third-order valence-electron chi connectivity index (χ3n) is 4.29. The molecule has 0 unspecified atom stereocenters. The highest BCUT2D eigenvalue weighted by Gasteiger charge is 2.08. The first-order valence-corrected chi connectivity index (χ1v) is 8.95. The van der Waals surface area contributed by atoms with Crippen molar-refractivity contribution in [1.82, 2.24) is 4.98 Å². The zero-order valence-corrected chi connectivity index (χ0v) is 15.9. The van der Waals surface area contributed by atoms with Gasteiger partial charge < -0.3 is 15.5 Å². The summed E-state index contributed by atoms with van der Waals surface area (Å²) < 4.78 is 0. The molecule has 2 aromatic carbocycles. The number of hydrogen-bond acceptors (Lipinski definition) is 4. The van der Waals surface area contributed by atoms with E-state index in [9.17, 15) is 4.79 Å². The minimum Gasteiger partial charge on any atom is -0.378 e. The molecule has 1 amide bonds. The molecule has 138 valence electrons. The van der Waals surface area contributed by atoms with Gasteiger partial charge in [-0.3, -0.25) is 9.78 Å². The lowest BCUT2D eigenvalue weighted by Crippen LogP contribution is -2.13. The Morgan fingerprint density at radius 2 is 1.59 bits per heavy atom. The number of aryl methyl sites for hydroxylation is 1. The van der Waals surface area contributed by atoms with Crippen LogP contribution in [0.4, 0.5) is 22.7 Å². The maximum atomic E-state index is 12.5. The Balaban J connectivity index is 1.69. The van der Waals surface area contributed by atoms with Crippen LogP contribution in [0.1, 0.15) is 22.8 Å². The molecule has 2 N–H and O–H groups in total. The summed E-state index contributed by atoms with van der Waals surface area (Å²) in [6, 6.07) is 17.7. The van der Waals surface area contributed by atoms with Crippen molar-refractivity contribution < 1.29 is 4.79 Å². The van der Waals surface area contributed by atoms with Crippen molar-refractivity contribution in [3.8, 4) is 0 Å². The van der Waals surface area contributed by atoms with Crippen LogP contribution >= 0.6 is 0 Å².